The fraction of sp³-hybridized carbons (Fsp3) is 0.316. The number of anilines is 3. The molecular formula is C19H23F2N7. The first-order chi connectivity index (χ1) is 13.5. The number of benzene rings is 1. The Morgan fingerprint density at radius 3 is 2.57 bits per heavy atom. The minimum absolute atomic E-state index is 0. The van der Waals surface area contributed by atoms with Gasteiger partial charge in [-0.3, -0.25) is 5.10 Å². The largest absolute Gasteiger partial charge is 0.354 e. The minimum Gasteiger partial charge on any atom is -0.354 e. The highest BCUT2D eigenvalue weighted by Crippen LogP contribution is 2.27. The topological polar surface area (TPSA) is 73.0 Å². The van der Waals surface area contributed by atoms with Crippen molar-refractivity contribution in [3.05, 3.63) is 47.7 Å². The average molecular weight is 387 g/mol. The number of nitrogens with one attached hydrogen (secondary N) is 2. The molecule has 1 saturated heterocycles. The Labute approximate surface area is 162 Å². The van der Waals surface area contributed by atoms with Gasteiger partial charge in [0, 0.05) is 45.4 Å². The third kappa shape index (κ3) is 3.79. The summed E-state index contributed by atoms with van der Waals surface area (Å²) in [5.74, 6) is -0.0388. The summed E-state index contributed by atoms with van der Waals surface area (Å²) in [5.41, 5.74) is 0.921. The van der Waals surface area contributed by atoms with Crippen molar-refractivity contribution in [2.45, 2.75) is 6.92 Å². The van der Waals surface area contributed by atoms with Gasteiger partial charge in [-0.2, -0.15) is 5.10 Å². The molecule has 1 aliphatic heterocycles. The van der Waals surface area contributed by atoms with E-state index in [-0.39, 0.29) is 12.8 Å². The zero-order valence-electron chi connectivity index (χ0n) is 15.7. The summed E-state index contributed by atoms with van der Waals surface area (Å²) in [7, 11) is 2.07. The highest BCUT2D eigenvalue weighted by Gasteiger charge is 2.20. The summed E-state index contributed by atoms with van der Waals surface area (Å²) in [4.78, 5) is 13.3. The van der Waals surface area contributed by atoms with Gasteiger partial charge in [-0.25, -0.2) is 18.7 Å². The molecule has 148 valence electrons. The maximum absolute atomic E-state index is 14.4. The molecule has 3 heterocycles. The Hall–Kier alpha value is -3.07. The van der Waals surface area contributed by atoms with Gasteiger partial charge in [0.15, 0.2) is 23.3 Å². The van der Waals surface area contributed by atoms with Crippen LogP contribution in [0.15, 0.2) is 30.3 Å². The maximum Gasteiger partial charge on any atom is 0.169 e. The summed E-state index contributed by atoms with van der Waals surface area (Å²) >= 11 is 0. The number of aryl methyl sites for hydroxylation is 1. The van der Waals surface area contributed by atoms with Gasteiger partial charge >= 0.3 is 0 Å². The van der Waals surface area contributed by atoms with Gasteiger partial charge in [-0.1, -0.05) is 6.07 Å². The number of likely N-dealkylation sites (N-methyl/N-ethyl adjacent to an activating group) is 1. The first-order valence-electron chi connectivity index (χ1n) is 9.05. The standard InChI is InChI=1S/C19H21F2N7.H2/c1-12-10-16(26-25-12)22-15-11-17(28-8-6-27(2)7-9-28)24-19(23-15)13-4-3-5-14(20)18(13)21;/h3-5,10-11H,6-9H2,1-2H3,(H2,22,23,24,25,26);1H. The molecule has 0 radical (unpaired) electrons. The van der Waals surface area contributed by atoms with Crippen molar-refractivity contribution in [1.82, 2.24) is 25.1 Å². The van der Waals surface area contributed by atoms with Crippen molar-refractivity contribution < 1.29 is 10.2 Å². The molecule has 0 unspecified atom stereocenters. The van der Waals surface area contributed by atoms with E-state index < -0.39 is 11.6 Å². The molecular weight excluding hydrogens is 364 g/mol. The summed E-state index contributed by atoms with van der Waals surface area (Å²) in [5, 5.41) is 10.1. The van der Waals surface area contributed by atoms with Crippen molar-refractivity contribution in [3.63, 3.8) is 0 Å². The second-order valence-electron chi connectivity index (χ2n) is 6.89. The third-order valence-corrected chi connectivity index (χ3v) is 4.69. The maximum atomic E-state index is 14.4. The van der Waals surface area contributed by atoms with E-state index in [0.717, 1.165) is 37.9 Å². The first-order valence-corrected chi connectivity index (χ1v) is 9.05. The van der Waals surface area contributed by atoms with Crippen molar-refractivity contribution >= 4 is 17.5 Å². The molecule has 2 aromatic heterocycles. The fourth-order valence-corrected chi connectivity index (χ4v) is 3.11. The summed E-state index contributed by atoms with van der Waals surface area (Å²) in [6, 6.07) is 7.64. The van der Waals surface area contributed by atoms with Gasteiger partial charge in [0.2, 0.25) is 0 Å². The first kappa shape index (κ1) is 18.3. The van der Waals surface area contributed by atoms with Gasteiger partial charge < -0.3 is 15.1 Å². The van der Waals surface area contributed by atoms with Crippen LogP contribution in [-0.4, -0.2) is 58.3 Å². The second kappa shape index (κ2) is 7.51. The van der Waals surface area contributed by atoms with Crippen LogP contribution in [0, 0.1) is 18.6 Å². The SMILES string of the molecule is Cc1cc(Nc2cc(N3CCN(C)CC3)nc(-c3cccc(F)c3F)n2)n[nH]1.[HH]. The van der Waals surface area contributed by atoms with E-state index in [1.54, 1.807) is 6.07 Å². The lowest BCUT2D eigenvalue weighted by Gasteiger charge is -2.33. The second-order valence-corrected chi connectivity index (χ2v) is 6.89. The quantitative estimate of drug-likeness (QED) is 0.716. The van der Waals surface area contributed by atoms with Crippen LogP contribution in [0.1, 0.15) is 7.12 Å². The molecule has 1 fully saturated rings. The predicted molar refractivity (Wildman–Crippen MR) is 106 cm³/mol. The lowest BCUT2D eigenvalue weighted by atomic mass is 10.2. The smallest absolute Gasteiger partial charge is 0.169 e. The fourth-order valence-electron chi connectivity index (χ4n) is 3.11. The number of H-pyrrole nitrogens is 1. The molecule has 0 spiro atoms. The van der Waals surface area contributed by atoms with Crippen molar-refractivity contribution in [1.29, 1.82) is 0 Å². The molecule has 0 atom stereocenters. The van der Waals surface area contributed by atoms with E-state index in [4.69, 9.17) is 0 Å². The van der Waals surface area contributed by atoms with Crippen molar-refractivity contribution in [2.75, 3.05) is 43.4 Å². The molecule has 0 bridgehead atoms. The van der Waals surface area contributed by atoms with Crippen molar-refractivity contribution in [3.8, 4) is 11.4 Å². The monoisotopic (exact) mass is 387 g/mol. The van der Waals surface area contributed by atoms with Crippen LogP contribution in [0.4, 0.5) is 26.2 Å². The number of piperazine rings is 1. The molecule has 9 heteroatoms. The number of nitrogens with zero attached hydrogens (tertiary/aromatic N) is 5. The highest BCUT2D eigenvalue weighted by molar-refractivity contribution is 5.65. The zero-order chi connectivity index (χ0) is 19.7. The van der Waals surface area contributed by atoms with Crippen LogP contribution in [0.25, 0.3) is 11.4 Å². The number of halogens is 2. The molecule has 0 aliphatic carbocycles. The summed E-state index contributed by atoms with van der Waals surface area (Å²) < 4.78 is 28.1. The van der Waals surface area contributed by atoms with Gasteiger partial charge in [0.05, 0.1) is 5.56 Å². The molecule has 4 rings (SSSR count). The molecule has 0 amide bonds. The molecule has 28 heavy (non-hydrogen) atoms. The van der Waals surface area contributed by atoms with Crippen LogP contribution >= 0.6 is 0 Å². The molecule has 2 N–H and O–H groups in total. The predicted octanol–water partition coefficient (Wildman–Crippen LogP) is 3.19. The lowest BCUT2D eigenvalue weighted by Crippen LogP contribution is -2.44. The molecule has 1 aliphatic rings. The van der Waals surface area contributed by atoms with Gasteiger partial charge in [-0.05, 0) is 26.1 Å². The van der Waals surface area contributed by atoms with E-state index in [1.807, 2.05) is 13.0 Å². The molecule has 7 nitrogen and oxygen atoms in total. The van der Waals surface area contributed by atoms with E-state index in [0.29, 0.717) is 17.5 Å². The van der Waals surface area contributed by atoms with Gasteiger partial charge in [0.25, 0.3) is 0 Å². The molecule has 0 saturated carbocycles. The van der Waals surface area contributed by atoms with Crippen LogP contribution in [0.3, 0.4) is 0 Å². The molecule has 3 aromatic rings. The number of hydrogen-bond donors (Lipinski definition) is 2. The third-order valence-electron chi connectivity index (χ3n) is 4.69. The lowest BCUT2D eigenvalue weighted by molar-refractivity contribution is 0.312. The Bertz CT molecular complexity index is 986. The van der Waals surface area contributed by atoms with Crippen LogP contribution in [0.2, 0.25) is 0 Å². The Balaban J connectivity index is 0.00000240. The zero-order valence-corrected chi connectivity index (χ0v) is 15.7. The van der Waals surface area contributed by atoms with E-state index in [2.05, 4.69) is 42.3 Å². The van der Waals surface area contributed by atoms with E-state index in [1.165, 1.54) is 12.1 Å². The Kier molecular flexibility index (Phi) is 4.91. The normalized spacial score (nSPS) is 15.1. The number of aromatic nitrogens is 4. The number of hydrogen-bond acceptors (Lipinski definition) is 6. The van der Waals surface area contributed by atoms with E-state index in [9.17, 15) is 8.78 Å². The summed E-state index contributed by atoms with van der Waals surface area (Å²) in [6.45, 7) is 5.27. The van der Waals surface area contributed by atoms with Gasteiger partial charge in [-0.15, -0.1) is 0 Å². The Morgan fingerprint density at radius 2 is 1.86 bits per heavy atom. The Morgan fingerprint density at radius 1 is 1.07 bits per heavy atom. The van der Waals surface area contributed by atoms with Crippen LogP contribution in [0.5, 0.6) is 0 Å². The van der Waals surface area contributed by atoms with Crippen molar-refractivity contribution in [2.24, 2.45) is 0 Å². The minimum atomic E-state index is -0.959. The molecule has 1 aromatic carbocycles. The summed E-state index contributed by atoms with van der Waals surface area (Å²) in [6.07, 6.45) is 0. The average Bonchev–Trinajstić information content (AvgIpc) is 3.09. The van der Waals surface area contributed by atoms with Crippen LogP contribution < -0.4 is 10.2 Å². The highest BCUT2D eigenvalue weighted by atomic mass is 19.2. The van der Waals surface area contributed by atoms with E-state index >= 15 is 0 Å². The number of rotatable bonds is 4. The van der Waals surface area contributed by atoms with Gasteiger partial charge in [0.1, 0.15) is 11.6 Å². The number of aromatic amines is 1. The van der Waals surface area contributed by atoms with Crippen LogP contribution in [-0.2, 0) is 0 Å².